The van der Waals surface area contributed by atoms with Crippen LogP contribution in [0.2, 0.25) is 0 Å². The van der Waals surface area contributed by atoms with Gasteiger partial charge < -0.3 is 9.47 Å². The van der Waals surface area contributed by atoms with Crippen LogP contribution in [0.3, 0.4) is 0 Å². The molecule has 0 N–H and O–H groups in total. The molecular weight excluding hydrogens is 683 g/mol. The van der Waals surface area contributed by atoms with E-state index in [1.54, 1.807) is 0 Å². The lowest BCUT2D eigenvalue weighted by Gasteiger charge is -2.27. The van der Waals surface area contributed by atoms with Crippen LogP contribution in [0.5, 0.6) is 0 Å². The molecular formula is C51H33N5. The van der Waals surface area contributed by atoms with Crippen molar-refractivity contribution in [3.05, 3.63) is 200 Å². The number of para-hydroxylation sites is 4. The van der Waals surface area contributed by atoms with E-state index in [2.05, 4.69) is 149 Å². The average Bonchev–Trinajstić information content (AvgIpc) is 3.55. The molecule has 0 spiro atoms. The van der Waals surface area contributed by atoms with Crippen LogP contribution in [-0.4, -0.2) is 19.5 Å². The quantitative estimate of drug-likeness (QED) is 0.178. The van der Waals surface area contributed by atoms with Gasteiger partial charge in [0.25, 0.3) is 0 Å². The van der Waals surface area contributed by atoms with Crippen molar-refractivity contribution < 1.29 is 0 Å². The molecule has 0 atom stereocenters. The van der Waals surface area contributed by atoms with Gasteiger partial charge in [-0.05, 0) is 54.1 Å². The molecule has 5 nitrogen and oxygen atoms in total. The van der Waals surface area contributed by atoms with Crippen molar-refractivity contribution in [2.75, 3.05) is 4.90 Å². The molecule has 10 aromatic rings. The maximum absolute atomic E-state index is 5.06. The smallest absolute Gasteiger partial charge is 0.164 e. The fraction of sp³-hybridized carbons (Fsp3) is 0. The lowest BCUT2D eigenvalue weighted by molar-refractivity contribution is 1.07. The van der Waals surface area contributed by atoms with Gasteiger partial charge in [-0.3, -0.25) is 0 Å². The largest absolute Gasteiger partial charge is 0.309 e. The van der Waals surface area contributed by atoms with Crippen LogP contribution in [0.15, 0.2) is 200 Å². The number of hydrogen-bond acceptors (Lipinski definition) is 4. The summed E-state index contributed by atoms with van der Waals surface area (Å²) in [7, 11) is 0. The Kier molecular flexibility index (Phi) is 7.42. The molecule has 0 saturated heterocycles. The third kappa shape index (κ3) is 5.13. The van der Waals surface area contributed by atoms with Gasteiger partial charge in [0.05, 0.1) is 22.4 Å². The summed E-state index contributed by atoms with van der Waals surface area (Å²) in [6.45, 7) is 0. The molecule has 5 heteroatoms. The first-order valence-electron chi connectivity index (χ1n) is 18.9. The standard InChI is InChI=1S/C51H33N5/c1-4-17-34(18-5-1)49-52-50(35-19-6-2-7-20-35)54-51(53-49)36-21-16-24-38(33-36)56-45-30-15-12-27-42(45)48-46(56)32-31-40-39-25-10-13-28-43(39)55(37-22-8-3-9-23-37)44-29-14-11-26-41(44)47(40)48/h1-33H. The Bertz CT molecular complexity index is 3020. The number of hydrogen-bond donors (Lipinski definition) is 0. The highest BCUT2D eigenvalue weighted by molar-refractivity contribution is 6.21. The highest BCUT2D eigenvalue weighted by Crippen LogP contribution is 2.54. The summed E-state index contributed by atoms with van der Waals surface area (Å²) in [6, 6.07) is 70.5. The van der Waals surface area contributed by atoms with Crippen LogP contribution >= 0.6 is 0 Å². The minimum absolute atomic E-state index is 0.626. The van der Waals surface area contributed by atoms with E-state index in [0.717, 1.165) is 50.5 Å². The predicted octanol–water partition coefficient (Wildman–Crippen LogP) is 13.1. The lowest BCUT2D eigenvalue weighted by Crippen LogP contribution is -2.10. The molecule has 0 amide bonds. The molecule has 1 aliphatic rings. The van der Waals surface area contributed by atoms with Crippen LogP contribution in [0.4, 0.5) is 17.1 Å². The second kappa shape index (κ2) is 13.0. The molecule has 8 aromatic carbocycles. The van der Waals surface area contributed by atoms with E-state index in [-0.39, 0.29) is 0 Å². The summed E-state index contributed by atoms with van der Waals surface area (Å²) in [5.41, 5.74) is 14.4. The molecule has 1 aliphatic heterocycles. The zero-order valence-corrected chi connectivity index (χ0v) is 30.3. The van der Waals surface area contributed by atoms with Crippen molar-refractivity contribution >= 4 is 38.9 Å². The van der Waals surface area contributed by atoms with Gasteiger partial charge in [0, 0.05) is 55.5 Å². The zero-order chi connectivity index (χ0) is 37.0. The van der Waals surface area contributed by atoms with Crippen LogP contribution in [0.1, 0.15) is 0 Å². The van der Waals surface area contributed by atoms with Gasteiger partial charge in [0.15, 0.2) is 17.5 Å². The fourth-order valence-electron chi connectivity index (χ4n) is 8.33. The van der Waals surface area contributed by atoms with E-state index < -0.39 is 0 Å². The summed E-state index contributed by atoms with van der Waals surface area (Å²) in [4.78, 5) is 17.4. The molecule has 56 heavy (non-hydrogen) atoms. The van der Waals surface area contributed by atoms with Crippen LogP contribution < -0.4 is 4.90 Å². The summed E-state index contributed by atoms with van der Waals surface area (Å²) in [6.07, 6.45) is 0. The first-order valence-corrected chi connectivity index (χ1v) is 18.9. The molecule has 0 radical (unpaired) electrons. The Morgan fingerprint density at radius 3 is 1.55 bits per heavy atom. The summed E-state index contributed by atoms with van der Waals surface area (Å²) in [5.74, 6) is 1.91. The van der Waals surface area contributed by atoms with Gasteiger partial charge in [0.1, 0.15) is 0 Å². The summed E-state index contributed by atoms with van der Waals surface area (Å²) >= 11 is 0. The molecule has 262 valence electrons. The molecule has 0 saturated carbocycles. The van der Waals surface area contributed by atoms with E-state index in [9.17, 15) is 0 Å². The molecule has 3 heterocycles. The van der Waals surface area contributed by atoms with Crippen molar-refractivity contribution in [2.45, 2.75) is 0 Å². The van der Waals surface area contributed by atoms with Crippen molar-refractivity contribution in [3.8, 4) is 62.1 Å². The Labute approximate surface area is 324 Å². The normalized spacial score (nSPS) is 11.9. The second-order valence-corrected chi connectivity index (χ2v) is 14.0. The topological polar surface area (TPSA) is 46.8 Å². The minimum atomic E-state index is 0.626. The number of rotatable bonds is 5. The van der Waals surface area contributed by atoms with E-state index in [1.807, 2.05) is 60.7 Å². The van der Waals surface area contributed by atoms with Crippen LogP contribution in [-0.2, 0) is 0 Å². The Hall–Kier alpha value is -7.63. The fourth-order valence-corrected chi connectivity index (χ4v) is 8.33. The number of aromatic nitrogens is 4. The van der Waals surface area contributed by atoms with Gasteiger partial charge in [-0.25, -0.2) is 15.0 Å². The summed E-state index contributed by atoms with van der Waals surface area (Å²) in [5, 5.41) is 2.42. The molecule has 11 rings (SSSR count). The van der Waals surface area contributed by atoms with Crippen molar-refractivity contribution in [1.82, 2.24) is 19.5 Å². The third-order valence-electron chi connectivity index (χ3n) is 10.8. The molecule has 0 fully saturated rings. The number of fused-ring (bicyclic) bond motifs is 9. The third-order valence-corrected chi connectivity index (χ3v) is 10.8. The lowest BCUT2D eigenvalue weighted by atomic mass is 9.90. The molecule has 0 aliphatic carbocycles. The maximum atomic E-state index is 5.06. The van der Waals surface area contributed by atoms with Gasteiger partial charge in [-0.2, -0.15) is 0 Å². The van der Waals surface area contributed by atoms with Gasteiger partial charge in [0.2, 0.25) is 0 Å². The van der Waals surface area contributed by atoms with Gasteiger partial charge in [-0.15, -0.1) is 0 Å². The first-order chi connectivity index (χ1) is 27.8. The maximum Gasteiger partial charge on any atom is 0.164 e. The predicted molar refractivity (Wildman–Crippen MR) is 230 cm³/mol. The zero-order valence-electron chi connectivity index (χ0n) is 30.3. The van der Waals surface area contributed by atoms with Crippen LogP contribution in [0.25, 0.3) is 83.9 Å². The first kappa shape index (κ1) is 31.9. The number of nitrogens with zero attached hydrogens (tertiary/aromatic N) is 5. The van der Waals surface area contributed by atoms with Gasteiger partial charge >= 0.3 is 0 Å². The molecule has 0 bridgehead atoms. The van der Waals surface area contributed by atoms with Crippen molar-refractivity contribution in [2.24, 2.45) is 0 Å². The molecule has 2 aromatic heterocycles. The SMILES string of the molecule is c1ccc(-c2nc(-c3ccccc3)nc(-c3cccc(-n4c5ccccc5c5c6c(ccc54)-c4ccccc4N(c4ccccc4)c4ccccc4-6)c3)n2)cc1. The van der Waals surface area contributed by atoms with Crippen molar-refractivity contribution in [3.63, 3.8) is 0 Å². The Morgan fingerprint density at radius 1 is 0.339 bits per heavy atom. The number of benzene rings is 8. The monoisotopic (exact) mass is 715 g/mol. The van der Waals surface area contributed by atoms with Gasteiger partial charge in [-0.1, -0.05) is 152 Å². The highest BCUT2D eigenvalue weighted by Gasteiger charge is 2.29. The second-order valence-electron chi connectivity index (χ2n) is 14.0. The Morgan fingerprint density at radius 2 is 0.857 bits per heavy atom. The van der Waals surface area contributed by atoms with Crippen LogP contribution in [0, 0.1) is 0 Å². The van der Waals surface area contributed by atoms with E-state index in [0.29, 0.717) is 17.5 Å². The van der Waals surface area contributed by atoms with Crippen molar-refractivity contribution in [1.29, 1.82) is 0 Å². The van der Waals surface area contributed by atoms with E-state index in [1.165, 1.54) is 33.0 Å². The highest BCUT2D eigenvalue weighted by atomic mass is 15.1. The Balaban J connectivity index is 1.15. The van der Waals surface area contributed by atoms with E-state index in [4.69, 9.17) is 15.0 Å². The number of anilines is 3. The minimum Gasteiger partial charge on any atom is -0.309 e. The van der Waals surface area contributed by atoms with E-state index >= 15 is 0 Å². The molecule has 0 unspecified atom stereocenters. The summed E-state index contributed by atoms with van der Waals surface area (Å²) < 4.78 is 2.39. The average molecular weight is 716 g/mol.